The van der Waals surface area contributed by atoms with Crippen molar-refractivity contribution in [2.24, 2.45) is 5.73 Å². The summed E-state index contributed by atoms with van der Waals surface area (Å²) in [5.74, 6) is 1.39. The lowest BCUT2D eigenvalue weighted by Crippen LogP contribution is -2.45. The van der Waals surface area contributed by atoms with Crippen LogP contribution in [0.1, 0.15) is 51.0 Å². The third-order valence-corrected chi connectivity index (χ3v) is 4.51. The van der Waals surface area contributed by atoms with E-state index in [1.807, 2.05) is 13.0 Å². The molecule has 2 N–H and O–H groups in total. The van der Waals surface area contributed by atoms with Crippen molar-refractivity contribution < 1.29 is 4.74 Å². The number of rotatable bonds is 7. The maximum absolute atomic E-state index is 6.18. The fourth-order valence-electron chi connectivity index (χ4n) is 3.60. The van der Waals surface area contributed by atoms with Crippen LogP contribution in [0.5, 0.6) is 5.75 Å². The van der Waals surface area contributed by atoms with Gasteiger partial charge >= 0.3 is 0 Å². The molecule has 2 unspecified atom stereocenters. The van der Waals surface area contributed by atoms with Crippen molar-refractivity contribution in [1.29, 1.82) is 0 Å². The molecular weight excluding hydrogens is 260 g/mol. The third kappa shape index (κ3) is 3.98. The molecule has 0 spiro atoms. The molecule has 0 radical (unpaired) electrons. The number of benzene rings is 1. The first-order valence-corrected chi connectivity index (χ1v) is 8.47. The minimum Gasteiger partial charge on any atom is -0.494 e. The number of hydrogen-bond donors (Lipinski definition) is 1. The molecule has 1 aromatic rings. The normalized spacial score (nSPS) is 21.2. The Bertz CT molecular complexity index is 419. The Labute approximate surface area is 129 Å². The Morgan fingerprint density at radius 1 is 1.29 bits per heavy atom. The molecule has 3 heteroatoms. The van der Waals surface area contributed by atoms with Crippen LogP contribution in [-0.2, 0) is 0 Å². The van der Waals surface area contributed by atoms with Crippen LogP contribution >= 0.6 is 0 Å². The zero-order valence-electron chi connectivity index (χ0n) is 13.6. The Kier molecular flexibility index (Phi) is 6.52. The molecule has 1 aliphatic heterocycles. The summed E-state index contributed by atoms with van der Waals surface area (Å²) in [6.45, 7) is 8.09. The van der Waals surface area contributed by atoms with Crippen molar-refractivity contribution in [1.82, 2.24) is 4.90 Å². The predicted molar refractivity (Wildman–Crippen MR) is 88.9 cm³/mol. The lowest BCUT2D eigenvalue weighted by atomic mass is 9.84. The molecule has 0 aliphatic carbocycles. The molecule has 1 heterocycles. The lowest BCUT2D eigenvalue weighted by Gasteiger charge is -2.40. The van der Waals surface area contributed by atoms with Gasteiger partial charge in [-0.25, -0.2) is 0 Å². The number of ether oxygens (including phenoxy) is 1. The molecule has 0 amide bonds. The fourth-order valence-corrected chi connectivity index (χ4v) is 3.60. The van der Waals surface area contributed by atoms with Crippen LogP contribution in [0.4, 0.5) is 0 Å². The molecule has 1 saturated heterocycles. The molecule has 1 aliphatic rings. The maximum atomic E-state index is 6.18. The summed E-state index contributed by atoms with van der Waals surface area (Å²) in [4.78, 5) is 2.64. The number of para-hydroxylation sites is 1. The van der Waals surface area contributed by atoms with Gasteiger partial charge in [0.1, 0.15) is 5.75 Å². The van der Waals surface area contributed by atoms with E-state index in [0.29, 0.717) is 25.1 Å². The summed E-state index contributed by atoms with van der Waals surface area (Å²) in [5, 5.41) is 0. The van der Waals surface area contributed by atoms with Gasteiger partial charge in [0.2, 0.25) is 0 Å². The zero-order valence-corrected chi connectivity index (χ0v) is 13.6. The van der Waals surface area contributed by atoms with Crippen molar-refractivity contribution in [3.05, 3.63) is 29.8 Å². The Morgan fingerprint density at radius 3 is 2.81 bits per heavy atom. The van der Waals surface area contributed by atoms with E-state index >= 15 is 0 Å². The van der Waals surface area contributed by atoms with Gasteiger partial charge in [-0.1, -0.05) is 31.5 Å². The smallest absolute Gasteiger partial charge is 0.122 e. The highest BCUT2D eigenvalue weighted by Crippen LogP contribution is 2.34. The third-order valence-electron chi connectivity index (χ3n) is 4.51. The predicted octanol–water partition coefficient (Wildman–Crippen LogP) is 3.39. The lowest BCUT2D eigenvalue weighted by molar-refractivity contribution is 0.125. The molecule has 1 aromatic carbocycles. The van der Waals surface area contributed by atoms with Crippen LogP contribution in [0.2, 0.25) is 0 Å². The largest absolute Gasteiger partial charge is 0.494 e. The molecule has 3 nitrogen and oxygen atoms in total. The van der Waals surface area contributed by atoms with Crippen LogP contribution in [0.3, 0.4) is 0 Å². The van der Waals surface area contributed by atoms with Gasteiger partial charge < -0.3 is 10.5 Å². The van der Waals surface area contributed by atoms with E-state index in [0.717, 1.165) is 5.75 Å². The number of nitrogens with two attached hydrogens (primary N) is 1. The molecular formula is C18H30N2O. The van der Waals surface area contributed by atoms with Crippen LogP contribution in [0.25, 0.3) is 0 Å². The minimum absolute atomic E-state index is 0.375. The van der Waals surface area contributed by atoms with Crippen LogP contribution in [0.15, 0.2) is 24.3 Å². The van der Waals surface area contributed by atoms with E-state index in [4.69, 9.17) is 10.5 Å². The quantitative estimate of drug-likeness (QED) is 0.836. The van der Waals surface area contributed by atoms with Gasteiger partial charge in [-0.15, -0.1) is 0 Å². The summed E-state index contributed by atoms with van der Waals surface area (Å²) in [6, 6.07) is 8.99. The van der Waals surface area contributed by atoms with Gasteiger partial charge in [-0.05, 0) is 45.3 Å². The van der Waals surface area contributed by atoms with Gasteiger partial charge in [0.25, 0.3) is 0 Å². The summed E-state index contributed by atoms with van der Waals surface area (Å²) < 4.78 is 5.83. The van der Waals surface area contributed by atoms with E-state index in [-0.39, 0.29) is 0 Å². The molecule has 0 saturated carbocycles. The van der Waals surface area contributed by atoms with Crippen molar-refractivity contribution in [3.8, 4) is 5.75 Å². The summed E-state index contributed by atoms with van der Waals surface area (Å²) in [7, 11) is 0. The molecule has 2 rings (SSSR count). The van der Waals surface area contributed by atoms with Gasteiger partial charge in [0.05, 0.1) is 6.61 Å². The number of hydrogen-bond acceptors (Lipinski definition) is 3. The number of nitrogens with zero attached hydrogens (tertiary/aromatic N) is 1. The summed E-state index contributed by atoms with van der Waals surface area (Å²) in [5.41, 5.74) is 7.46. The molecule has 21 heavy (non-hydrogen) atoms. The second-order valence-corrected chi connectivity index (χ2v) is 5.91. The van der Waals surface area contributed by atoms with Gasteiger partial charge in [-0.3, -0.25) is 4.90 Å². The van der Waals surface area contributed by atoms with Crippen LogP contribution in [0, 0.1) is 0 Å². The van der Waals surface area contributed by atoms with Crippen LogP contribution in [-0.4, -0.2) is 37.2 Å². The molecule has 0 bridgehead atoms. The fraction of sp³-hybridized carbons (Fsp3) is 0.667. The van der Waals surface area contributed by atoms with Gasteiger partial charge in [0, 0.05) is 24.1 Å². The molecule has 2 atom stereocenters. The van der Waals surface area contributed by atoms with E-state index in [2.05, 4.69) is 30.0 Å². The molecule has 0 aromatic heterocycles. The second kappa shape index (κ2) is 8.40. The summed E-state index contributed by atoms with van der Waals surface area (Å²) in [6.07, 6.45) is 5.10. The van der Waals surface area contributed by atoms with Crippen molar-refractivity contribution >= 4 is 0 Å². The Balaban J connectivity index is 2.25. The van der Waals surface area contributed by atoms with Gasteiger partial charge in [0.15, 0.2) is 0 Å². The van der Waals surface area contributed by atoms with Crippen molar-refractivity contribution in [2.45, 2.75) is 51.5 Å². The Hall–Kier alpha value is -1.06. The van der Waals surface area contributed by atoms with Crippen molar-refractivity contribution in [2.75, 3.05) is 26.2 Å². The monoisotopic (exact) mass is 290 g/mol. The van der Waals surface area contributed by atoms with E-state index in [1.54, 1.807) is 0 Å². The van der Waals surface area contributed by atoms with Crippen LogP contribution < -0.4 is 10.5 Å². The van der Waals surface area contributed by atoms with Gasteiger partial charge in [-0.2, -0.15) is 0 Å². The van der Waals surface area contributed by atoms with E-state index in [1.165, 1.54) is 44.3 Å². The highest BCUT2D eigenvalue weighted by atomic mass is 16.5. The highest BCUT2D eigenvalue weighted by Gasteiger charge is 2.31. The molecule has 1 fully saturated rings. The SMILES string of the molecule is CCCN1CCCCC1C(CN)c1ccccc1OCC. The summed E-state index contributed by atoms with van der Waals surface area (Å²) >= 11 is 0. The van der Waals surface area contributed by atoms with E-state index in [9.17, 15) is 0 Å². The maximum Gasteiger partial charge on any atom is 0.122 e. The first-order chi connectivity index (χ1) is 10.3. The first-order valence-electron chi connectivity index (χ1n) is 8.47. The average molecular weight is 290 g/mol. The number of likely N-dealkylation sites (tertiary alicyclic amines) is 1. The zero-order chi connectivity index (χ0) is 15.1. The van der Waals surface area contributed by atoms with Crippen molar-refractivity contribution in [3.63, 3.8) is 0 Å². The first kappa shape index (κ1) is 16.3. The number of piperidine rings is 1. The highest BCUT2D eigenvalue weighted by molar-refractivity contribution is 5.37. The Morgan fingerprint density at radius 2 is 2.10 bits per heavy atom. The standard InChI is InChI=1S/C18H30N2O/c1-3-12-20-13-8-7-10-17(20)16(14-19)15-9-5-6-11-18(15)21-4-2/h5-6,9,11,16-17H,3-4,7-8,10,12-14,19H2,1-2H3. The average Bonchev–Trinajstić information content (AvgIpc) is 2.52. The minimum atomic E-state index is 0.375. The topological polar surface area (TPSA) is 38.5 Å². The second-order valence-electron chi connectivity index (χ2n) is 5.91. The van der Waals surface area contributed by atoms with E-state index < -0.39 is 0 Å². The molecule has 118 valence electrons.